The van der Waals surface area contributed by atoms with Crippen molar-refractivity contribution in [1.29, 1.82) is 0 Å². The van der Waals surface area contributed by atoms with E-state index in [0.717, 1.165) is 15.6 Å². The van der Waals surface area contributed by atoms with Gasteiger partial charge in [0.05, 0.1) is 17.5 Å². The van der Waals surface area contributed by atoms with Crippen LogP contribution in [0.3, 0.4) is 0 Å². The highest BCUT2D eigenvalue weighted by molar-refractivity contribution is 9.10. The number of nitrogens with zero attached hydrogens (tertiary/aromatic N) is 1. The number of halogens is 1. The average molecular weight is 426 g/mol. The molecule has 4 nitrogen and oxygen atoms in total. The highest BCUT2D eigenvalue weighted by Gasteiger charge is 2.33. The molecule has 1 N–H and O–H groups in total. The van der Waals surface area contributed by atoms with Gasteiger partial charge < -0.3 is 5.11 Å². The molecule has 0 heterocycles. The maximum Gasteiger partial charge on any atom is 0.243 e. The summed E-state index contributed by atoms with van der Waals surface area (Å²) in [4.78, 5) is 0.240. The number of benzene rings is 2. The quantitative estimate of drug-likeness (QED) is 0.729. The molecule has 0 saturated carbocycles. The second-order valence-corrected chi connectivity index (χ2v) is 9.19. The number of sulfonamides is 1. The smallest absolute Gasteiger partial charge is 0.243 e. The lowest BCUT2D eigenvalue weighted by Gasteiger charge is -2.32. The Bertz CT molecular complexity index is 804. The van der Waals surface area contributed by atoms with Gasteiger partial charge in [-0.2, -0.15) is 4.31 Å². The van der Waals surface area contributed by atoms with Gasteiger partial charge in [0, 0.05) is 11.0 Å². The minimum Gasteiger partial charge on any atom is -0.395 e. The first-order valence-corrected chi connectivity index (χ1v) is 10.4. The van der Waals surface area contributed by atoms with Crippen molar-refractivity contribution in [2.75, 3.05) is 6.61 Å². The van der Waals surface area contributed by atoms with Crippen LogP contribution in [-0.4, -0.2) is 30.5 Å². The predicted molar refractivity (Wildman–Crippen MR) is 104 cm³/mol. The first-order valence-electron chi connectivity index (χ1n) is 8.20. The summed E-state index contributed by atoms with van der Waals surface area (Å²) >= 11 is 3.48. The Hall–Kier alpha value is -1.21. The van der Waals surface area contributed by atoms with Gasteiger partial charge in [0.15, 0.2) is 0 Å². The minimum atomic E-state index is -3.74. The number of hydrogen-bond acceptors (Lipinski definition) is 3. The zero-order chi connectivity index (χ0) is 18.6. The number of rotatable bonds is 7. The molecule has 2 aromatic carbocycles. The Kier molecular flexibility index (Phi) is 6.79. The van der Waals surface area contributed by atoms with E-state index in [0.29, 0.717) is 0 Å². The summed E-state index contributed by atoms with van der Waals surface area (Å²) in [6.45, 7) is 5.71. The normalized spacial score (nSPS) is 13.4. The van der Waals surface area contributed by atoms with Gasteiger partial charge in [-0.15, -0.1) is 0 Å². The molecular formula is C19H24BrNO3S. The summed E-state index contributed by atoms with van der Waals surface area (Å²) in [6.07, 6.45) is 0. The zero-order valence-corrected chi connectivity index (χ0v) is 17.1. The molecule has 2 rings (SSSR count). The van der Waals surface area contributed by atoms with E-state index in [1.54, 1.807) is 24.3 Å². The lowest BCUT2D eigenvalue weighted by Crippen LogP contribution is -2.45. The summed E-state index contributed by atoms with van der Waals surface area (Å²) in [6, 6.07) is 13.8. The zero-order valence-electron chi connectivity index (χ0n) is 14.7. The van der Waals surface area contributed by atoms with E-state index in [1.165, 1.54) is 4.31 Å². The first kappa shape index (κ1) is 20.1. The lowest BCUT2D eigenvalue weighted by molar-refractivity contribution is 0.148. The Morgan fingerprint density at radius 3 is 2.20 bits per heavy atom. The van der Waals surface area contributed by atoms with Crippen molar-refractivity contribution >= 4 is 26.0 Å². The van der Waals surface area contributed by atoms with E-state index in [-0.39, 0.29) is 24.0 Å². The van der Waals surface area contributed by atoms with Crippen molar-refractivity contribution in [3.8, 4) is 0 Å². The van der Waals surface area contributed by atoms with Crippen LogP contribution in [0.25, 0.3) is 0 Å². The number of aliphatic hydroxyl groups excluding tert-OH is 1. The lowest BCUT2D eigenvalue weighted by atomic mass is 10.0. The second kappa shape index (κ2) is 8.45. The maximum absolute atomic E-state index is 13.3. The molecule has 6 heteroatoms. The molecule has 0 aliphatic carbocycles. The van der Waals surface area contributed by atoms with Crippen molar-refractivity contribution in [3.05, 3.63) is 64.1 Å². The molecule has 25 heavy (non-hydrogen) atoms. The van der Waals surface area contributed by atoms with Crippen LogP contribution in [0.5, 0.6) is 0 Å². The summed E-state index contributed by atoms with van der Waals surface area (Å²) in [5, 5.41) is 9.85. The van der Waals surface area contributed by atoms with E-state index in [9.17, 15) is 13.5 Å². The predicted octanol–water partition coefficient (Wildman–Crippen LogP) is 3.97. The number of aryl methyl sites for hydroxylation is 1. The molecular weight excluding hydrogens is 402 g/mol. The molecule has 1 atom stereocenters. The fourth-order valence-corrected chi connectivity index (χ4v) is 4.79. The maximum atomic E-state index is 13.3. The molecule has 0 amide bonds. The van der Waals surface area contributed by atoms with E-state index in [4.69, 9.17) is 0 Å². The molecule has 0 unspecified atom stereocenters. The van der Waals surface area contributed by atoms with Gasteiger partial charge in [-0.25, -0.2) is 8.42 Å². The van der Waals surface area contributed by atoms with E-state index >= 15 is 0 Å². The molecule has 0 saturated heterocycles. The summed E-state index contributed by atoms with van der Waals surface area (Å²) in [5.74, 6) is -0.0206. The van der Waals surface area contributed by atoms with Crippen LogP contribution in [-0.2, 0) is 16.6 Å². The summed E-state index contributed by atoms with van der Waals surface area (Å²) in [5.41, 5.74) is 1.86. The Morgan fingerprint density at radius 1 is 1.08 bits per heavy atom. The van der Waals surface area contributed by atoms with Crippen molar-refractivity contribution in [2.24, 2.45) is 5.92 Å². The van der Waals surface area contributed by atoms with Gasteiger partial charge >= 0.3 is 0 Å². The Morgan fingerprint density at radius 2 is 1.68 bits per heavy atom. The monoisotopic (exact) mass is 425 g/mol. The third-order valence-corrected chi connectivity index (χ3v) is 6.90. The van der Waals surface area contributed by atoms with Gasteiger partial charge in [0.25, 0.3) is 0 Å². The molecule has 0 fully saturated rings. The van der Waals surface area contributed by atoms with Crippen molar-refractivity contribution in [3.63, 3.8) is 0 Å². The van der Waals surface area contributed by atoms with Gasteiger partial charge in [-0.3, -0.25) is 0 Å². The van der Waals surface area contributed by atoms with E-state index < -0.39 is 16.1 Å². The molecule has 136 valence electrons. The molecule has 0 aliphatic heterocycles. The van der Waals surface area contributed by atoms with Crippen LogP contribution < -0.4 is 0 Å². The fourth-order valence-electron chi connectivity index (χ4n) is 2.66. The SMILES string of the molecule is Cc1ccc(S(=O)(=O)N(Cc2ccccc2Br)[C@H](CO)C(C)C)cc1. The Balaban J connectivity index is 2.50. The van der Waals surface area contributed by atoms with Crippen LogP contribution in [0.4, 0.5) is 0 Å². The molecule has 0 aromatic heterocycles. The van der Waals surface area contributed by atoms with Crippen LogP contribution >= 0.6 is 15.9 Å². The van der Waals surface area contributed by atoms with Crippen molar-refractivity contribution in [2.45, 2.75) is 38.3 Å². The van der Waals surface area contributed by atoms with Crippen LogP contribution in [0.1, 0.15) is 25.0 Å². The van der Waals surface area contributed by atoms with E-state index in [1.807, 2.05) is 45.0 Å². The third kappa shape index (κ3) is 4.70. The molecule has 2 aromatic rings. The molecule has 0 radical (unpaired) electrons. The largest absolute Gasteiger partial charge is 0.395 e. The van der Waals surface area contributed by atoms with Crippen LogP contribution in [0, 0.1) is 12.8 Å². The minimum absolute atomic E-state index is 0.0206. The fraction of sp³-hybridized carbons (Fsp3) is 0.368. The second-order valence-electron chi connectivity index (χ2n) is 6.45. The molecule has 0 aliphatic rings. The van der Waals surface area contributed by atoms with Crippen LogP contribution in [0.2, 0.25) is 0 Å². The summed E-state index contributed by atoms with van der Waals surface area (Å²) < 4.78 is 28.8. The van der Waals surface area contributed by atoms with Gasteiger partial charge in [0.1, 0.15) is 0 Å². The van der Waals surface area contributed by atoms with Gasteiger partial charge in [-0.1, -0.05) is 65.7 Å². The van der Waals surface area contributed by atoms with E-state index in [2.05, 4.69) is 15.9 Å². The Labute approximate surface area is 158 Å². The average Bonchev–Trinajstić information content (AvgIpc) is 2.56. The topological polar surface area (TPSA) is 57.6 Å². The highest BCUT2D eigenvalue weighted by Crippen LogP contribution is 2.27. The van der Waals surface area contributed by atoms with Crippen molar-refractivity contribution in [1.82, 2.24) is 4.31 Å². The summed E-state index contributed by atoms with van der Waals surface area (Å²) in [7, 11) is -3.74. The highest BCUT2D eigenvalue weighted by atomic mass is 79.9. The van der Waals surface area contributed by atoms with Crippen molar-refractivity contribution < 1.29 is 13.5 Å². The first-order chi connectivity index (χ1) is 11.8. The van der Waals surface area contributed by atoms with Gasteiger partial charge in [-0.05, 0) is 36.6 Å². The standard InChI is InChI=1S/C19H24BrNO3S/c1-14(2)19(13-22)21(12-16-6-4-5-7-18(16)20)25(23,24)17-10-8-15(3)9-11-17/h4-11,14,19,22H,12-13H2,1-3H3/t19-/m1/s1. The number of aliphatic hydroxyl groups is 1. The molecule has 0 spiro atoms. The number of hydrogen-bond donors (Lipinski definition) is 1. The van der Waals surface area contributed by atoms with Crippen LogP contribution in [0.15, 0.2) is 57.9 Å². The molecule has 0 bridgehead atoms. The van der Waals surface area contributed by atoms with Gasteiger partial charge in [0.2, 0.25) is 10.0 Å². The third-order valence-electron chi connectivity index (χ3n) is 4.24.